The first-order valence-electron chi connectivity index (χ1n) is 8.67. The van der Waals surface area contributed by atoms with Gasteiger partial charge in [-0.15, -0.1) is 0 Å². The molecular formula is C20H18N4O2. The van der Waals surface area contributed by atoms with Crippen LogP contribution in [-0.2, 0) is 11.2 Å². The Bertz CT molecular complexity index is 906. The van der Waals surface area contributed by atoms with E-state index in [-0.39, 0.29) is 5.78 Å². The average Bonchev–Trinajstić information content (AvgIpc) is 2.71. The lowest BCUT2D eigenvalue weighted by atomic mass is 9.85. The zero-order chi connectivity index (χ0) is 17.9. The van der Waals surface area contributed by atoms with Crippen molar-refractivity contribution < 1.29 is 9.53 Å². The highest BCUT2D eigenvalue weighted by atomic mass is 16.5. The highest BCUT2D eigenvalue weighted by Gasteiger charge is 2.22. The standard InChI is InChI=1S/C20H18N4O2/c21-11-14-1-4-18-16(9-14)2-3-17(19(18)25)10-15-12-22-20(23-13-15)24-5-7-26-8-6-24/h1,4,9-10,12-13H,2-3,5-8H2. The number of benzene rings is 1. The first-order chi connectivity index (χ1) is 12.7. The average molecular weight is 346 g/mol. The maximum atomic E-state index is 12.7. The summed E-state index contributed by atoms with van der Waals surface area (Å²) in [6.07, 6.45) is 6.80. The lowest BCUT2D eigenvalue weighted by Crippen LogP contribution is -2.37. The summed E-state index contributed by atoms with van der Waals surface area (Å²) in [5, 5.41) is 9.00. The fourth-order valence-corrected chi connectivity index (χ4v) is 3.32. The van der Waals surface area contributed by atoms with E-state index in [9.17, 15) is 4.79 Å². The first-order valence-corrected chi connectivity index (χ1v) is 8.67. The van der Waals surface area contributed by atoms with Gasteiger partial charge < -0.3 is 9.64 Å². The molecule has 1 aromatic carbocycles. The fourth-order valence-electron chi connectivity index (χ4n) is 3.32. The molecule has 4 rings (SSSR count). The monoisotopic (exact) mass is 346 g/mol. The quantitative estimate of drug-likeness (QED) is 0.777. The maximum absolute atomic E-state index is 12.7. The minimum absolute atomic E-state index is 0.0213. The molecule has 6 nitrogen and oxygen atoms in total. The van der Waals surface area contributed by atoms with Gasteiger partial charge in [-0.3, -0.25) is 4.79 Å². The van der Waals surface area contributed by atoms with Gasteiger partial charge >= 0.3 is 0 Å². The number of carbonyl (C=O) groups excluding carboxylic acids is 1. The summed E-state index contributed by atoms with van der Waals surface area (Å²) in [4.78, 5) is 23.7. The molecule has 0 N–H and O–H groups in total. The van der Waals surface area contributed by atoms with Crippen LogP contribution in [0.3, 0.4) is 0 Å². The van der Waals surface area contributed by atoms with E-state index in [0.717, 1.165) is 36.2 Å². The number of ether oxygens (including phenoxy) is 1. The molecule has 1 aromatic heterocycles. The summed E-state index contributed by atoms with van der Waals surface area (Å²) in [7, 11) is 0. The number of morpholine rings is 1. The molecule has 0 spiro atoms. The van der Waals surface area contributed by atoms with Gasteiger partial charge in [0.2, 0.25) is 5.95 Å². The van der Waals surface area contributed by atoms with Crippen LogP contribution in [-0.4, -0.2) is 42.1 Å². The molecule has 2 aromatic rings. The van der Waals surface area contributed by atoms with Crippen molar-refractivity contribution in [2.24, 2.45) is 0 Å². The number of nitrogens with zero attached hydrogens (tertiary/aromatic N) is 4. The second-order valence-electron chi connectivity index (χ2n) is 6.40. The summed E-state index contributed by atoms with van der Waals surface area (Å²) in [6, 6.07) is 7.38. The van der Waals surface area contributed by atoms with E-state index in [1.54, 1.807) is 24.5 Å². The molecule has 130 valence electrons. The van der Waals surface area contributed by atoms with E-state index < -0.39 is 0 Å². The Morgan fingerprint density at radius 2 is 1.92 bits per heavy atom. The van der Waals surface area contributed by atoms with Crippen LogP contribution in [0.1, 0.15) is 33.5 Å². The maximum Gasteiger partial charge on any atom is 0.225 e. The van der Waals surface area contributed by atoms with Crippen LogP contribution in [0.4, 0.5) is 5.95 Å². The van der Waals surface area contributed by atoms with Gasteiger partial charge in [0.15, 0.2) is 5.78 Å². The molecule has 0 saturated carbocycles. The summed E-state index contributed by atoms with van der Waals surface area (Å²) in [6.45, 7) is 2.97. The Hall–Kier alpha value is -3.04. The Morgan fingerprint density at radius 3 is 2.65 bits per heavy atom. The van der Waals surface area contributed by atoms with Crippen LogP contribution in [0.5, 0.6) is 0 Å². The number of anilines is 1. The van der Waals surface area contributed by atoms with Crippen molar-refractivity contribution in [1.29, 1.82) is 5.26 Å². The van der Waals surface area contributed by atoms with Crippen LogP contribution >= 0.6 is 0 Å². The predicted molar refractivity (Wildman–Crippen MR) is 96.8 cm³/mol. The Balaban J connectivity index is 1.54. The number of aromatic nitrogens is 2. The van der Waals surface area contributed by atoms with Crippen LogP contribution < -0.4 is 4.90 Å². The number of allylic oxidation sites excluding steroid dienone is 1. The van der Waals surface area contributed by atoms with Crippen LogP contribution in [0.15, 0.2) is 36.2 Å². The van der Waals surface area contributed by atoms with E-state index in [1.165, 1.54) is 0 Å². The van der Waals surface area contributed by atoms with Gasteiger partial charge in [0.05, 0.1) is 24.8 Å². The number of ketones is 1. The Kier molecular flexibility index (Phi) is 4.46. The normalized spacial score (nSPS) is 18.5. The van der Waals surface area contributed by atoms with Crippen molar-refractivity contribution in [3.05, 3.63) is 58.4 Å². The lowest BCUT2D eigenvalue weighted by molar-refractivity contribution is 0.102. The van der Waals surface area contributed by atoms with Gasteiger partial charge in [0, 0.05) is 42.2 Å². The van der Waals surface area contributed by atoms with Gasteiger partial charge in [-0.1, -0.05) is 0 Å². The zero-order valence-electron chi connectivity index (χ0n) is 14.3. The molecule has 1 saturated heterocycles. The van der Waals surface area contributed by atoms with Gasteiger partial charge in [-0.25, -0.2) is 9.97 Å². The Morgan fingerprint density at radius 1 is 1.15 bits per heavy atom. The zero-order valence-corrected chi connectivity index (χ0v) is 14.3. The number of aryl methyl sites for hydroxylation is 1. The van der Waals surface area contributed by atoms with Crippen LogP contribution in [0.2, 0.25) is 0 Å². The minimum atomic E-state index is 0.0213. The third-order valence-corrected chi connectivity index (χ3v) is 4.73. The van der Waals surface area contributed by atoms with E-state index >= 15 is 0 Å². The first kappa shape index (κ1) is 16.4. The minimum Gasteiger partial charge on any atom is -0.378 e. The molecule has 2 heterocycles. The largest absolute Gasteiger partial charge is 0.378 e. The van der Waals surface area contributed by atoms with Crippen molar-refractivity contribution in [1.82, 2.24) is 9.97 Å². The molecule has 0 radical (unpaired) electrons. The number of hydrogen-bond donors (Lipinski definition) is 0. The van der Waals surface area contributed by atoms with E-state index in [1.807, 2.05) is 12.1 Å². The van der Waals surface area contributed by atoms with Gasteiger partial charge in [-0.05, 0) is 42.7 Å². The molecule has 2 aliphatic rings. The van der Waals surface area contributed by atoms with Crippen LogP contribution in [0, 0.1) is 11.3 Å². The smallest absolute Gasteiger partial charge is 0.225 e. The number of rotatable bonds is 2. The highest BCUT2D eigenvalue weighted by Crippen LogP contribution is 2.27. The molecule has 0 bridgehead atoms. The van der Waals surface area contributed by atoms with E-state index in [0.29, 0.717) is 36.7 Å². The topological polar surface area (TPSA) is 79.1 Å². The molecular weight excluding hydrogens is 328 g/mol. The fraction of sp³-hybridized carbons (Fsp3) is 0.300. The van der Waals surface area contributed by atoms with Crippen molar-refractivity contribution in [2.75, 3.05) is 31.2 Å². The molecule has 1 fully saturated rings. The number of carbonyl (C=O) groups is 1. The van der Waals surface area contributed by atoms with E-state index in [4.69, 9.17) is 10.00 Å². The second kappa shape index (κ2) is 7.06. The SMILES string of the molecule is N#Cc1ccc2c(c1)CCC(=Cc1cnc(N3CCOCC3)nc1)C2=O. The molecule has 0 unspecified atom stereocenters. The van der Waals surface area contributed by atoms with Gasteiger partial charge in [0.25, 0.3) is 0 Å². The molecule has 6 heteroatoms. The molecule has 1 aliphatic carbocycles. The molecule has 1 aliphatic heterocycles. The third kappa shape index (κ3) is 3.22. The summed E-state index contributed by atoms with van der Waals surface area (Å²) in [5.41, 5.74) is 3.81. The molecule has 26 heavy (non-hydrogen) atoms. The molecule has 0 amide bonds. The molecule has 0 atom stereocenters. The number of fused-ring (bicyclic) bond motifs is 1. The highest BCUT2D eigenvalue weighted by molar-refractivity contribution is 6.13. The number of nitriles is 1. The number of Topliss-reactive ketones (excluding diaryl/α,β-unsaturated/α-hetero) is 1. The Labute approximate surface area is 151 Å². The van der Waals surface area contributed by atoms with Crippen molar-refractivity contribution >= 4 is 17.8 Å². The predicted octanol–water partition coefficient (Wildman–Crippen LogP) is 2.40. The van der Waals surface area contributed by atoms with Crippen LogP contribution in [0.25, 0.3) is 6.08 Å². The summed E-state index contributed by atoms with van der Waals surface area (Å²) >= 11 is 0. The van der Waals surface area contributed by atoms with Crippen molar-refractivity contribution in [3.63, 3.8) is 0 Å². The third-order valence-electron chi connectivity index (χ3n) is 4.73. The number of hydrogen-bond acceptors (Lipinski definition) is 6. The van der Waals surface area contributed by atoms with Crippen molar-refractivity contribution in [2.45, 2.75) is 12.8 Å². The van der Waals surface area contributed by atoms with Crippen molar-refractivity contribution in [3.8, 4) is 6.07 Å². The summed E-state index contributed by atoms with van der Waals surface area (Å²) < 4.78 is 5.34. The van der Waals surface area contributed by atoms with Gasteiger partial charge in [0.1, 0.15) is 0 Å². The van der Waals surface area contributed by atoms with E-state index in [2.05, 4.69) is 20.9 Å². The lowest BCUT2D eigenvalue weighted by Gasteiger charge is -2.26. The second-order valence-corrected chi connectivity index (χ2v) is 6.40. The van der Waals surface area contributed by atoms with Gasteiger partial charge in [-0.2, -0.15) is 5.26 Å². The summed E-state index contributed by atoms with van der Waals surface area (Å²) in [5.74, 6) is 0.716.